The molecule has 1 heterocycles. The van der Waals surface area contributed by atoms with Gasteiger partial charge in [0.2, 0.25) is 0 Å². The normalized spacial score (nSPS) is 11.3. The Morgan fingerprint density at radius 2 is 1.68 bits per heavy atom. The van der Waals surface area contributed by atoms with E-state index in [1.54, 1.807) is 55.6 Å². The molecule has 0 radical (unpaired) electrons. The number of nitrogens with zero attached hydrogens (tertiary/aromatic N) is 2. The van der Waals surface area contributed by atoms with Crippen molar-refractivity contribution in [2.45, 2.75) is 11.8 Å². The van der Waals surface area contributed by atoms with Crippen LogP contribution < -0.4 is 9.62 Å². The molecule has 0 aliphatic rings. The maximum atomic E-state index is 13.3. The average molecular weight is 432 g/mol. The minimum absolute atomic E-state index is 0.0573. The van der Waals surface area contributed by atoms with Gasteiger partial charge in [-0.25, -0.2) is 8.42 Å². The van der Waals surface area contributed by atoms with Crippen molar-refractivity contribution < 1.29 is 13.2 Å². The smallest absolute Gasteiger partial charge is 0.264 e. The lowest BCUT2D eigenvalue weighted by molar-refractivity contribution is 0.102. The summed E-state index contributed by atoms with van der Waals surface area (Å²) in [5.41, 5.74) is 2.05. The first-order chi connectivity index (χ1) is 15.0. The number of sulfonamides is 1. The minimum Gasteiger partial charge on any atom is -0.320 e. The first kappa shape index (κ1) is 20.6. The monoisotopic (exact) mass is 431 g/mol. The van der Waals surface area contributed by atoms with E-state index in [2.05, 4.69) is 10.3 Å². The zero-order valence-corrected chi connectivity index (χ0v) is 17.7. The van der Waals surface area contributed by atoms with E-state index in [1.165, 1.54) is 16.4 Å². The van der Waals surface area contributed by atoms with Crippen LogP contribution in [0.3, 0.4) is 0 Å². The van der Waals surface area contributed by atoms with Crippen LogP contribution in [-0.4, -0.2) is 25.9 Å². The SMILES string of the molecule is CCN(c1ccccc1)S(=O)(=O)c1cccc(C(=O)Nc2cccc3cccnc23)c1. The van der Waals surface area contributed by atoms with E-state index in [4.69, 9.17) is 0 Å². The molecule has 6 nitrogen and oxygen atoms in total. The van der Waals surface area contributed by atoms with Crippen LogP contribution in [0, 0.1) is 0 Å². The fourth-order valence-corrected chi connectivity index (χ4v) is 4.93. The number of pyridine rings is 1. The fourth-order valence-electron chi connectivity index (χ4n) is 3.41. The highest BCUT2D eigenvalue weighted by molar-refractivity contribution is 7.92. The van der Waals surface area contributed by atoms with Gasteiger partial charge in [-0.2, -0.15) is 0 Å². The summed E-state index contributed by atoms with van der Waals surface area (Å²) >= 11 is 0. The molecule has 0 unspecified atom stereocenters. The summed E-state index contributed by atoms with van der Waals surface area (Å²) in [4.78, 5) is 17.3. The van der Waals surface area contributed by atoms with Crippen LogP contribution in [0.5, 0.6) is 0 Å². The van der Waals surface area contributed by atoms with Gasteiger partial charge in [-0.05, 0) is 49.4 Å². The van der Waals surface area contributed by atoms with Gasteiger partial charge in [-0.1, -0.05) is 42.5 Å². The fraction of sp³-hybridized carbons (Fsp3) is 0.0833. The van der Waals surface area contributed by atoms with Crippen molar-refractivity contribution in [2.24, 2.45) is 0 Å². The number of anilines is 2. The van der Waals surface area contributed by atoms with Crippen LogP contribution in [0.2, 0.25) is 0 Å². The van der Waals surface area contributed by atoms with Gasteiger partial charge in [-0.3, -0.25) is 14.1 Å². The van der Waals surface area contributed by atoms with Crippen LogP contribution in [-0.2, 0) is 10.0 Å². The number of amides is 1. The highest BCUT2D eigenvalue weighted by Gasteiger charge is 2.24. The number of carbonyl (C=O) groups is 1. The summed E-state index contributed by atoms with van der Waals surface area (Å²) in [5.74, 6) is -0.405. The number of fused-ring (bicyclic) bond motifs is 1. The van der Waals surface area contributed by atoms with Gasteiger partial charge in [0.25, 0.3) is 15.9 Å². The maximum absolute atomic E-state index is 13.3. The van der Waals surface area contributed by atoms with Crippen LogP contribution in [0.15, 0.2) is 96.0 Å². The first-order valence-electron chi connectivity index (χ1n) is 9.83. The number of nitrogens with one attached hydrogen (secondary N) is 1. The topological polar surface area (TPSA) is 79.4 Å². The predicted octanol–water partition coefficient (Wildman–Crippen LogP) is 4.70. The minimum atomic E-state index is -3.83. The van der Waals surface area contributed by atoms with Crippen LogP contribution in [0.1, 0.15) is 17.3 Å². The molecule has 0 aliphatic heterocycles. The number of rotatable bonds is 6. The Balaban J connectivity index is 1.65. The van der Waals surface area contributed by atoms with Gasteiger partial charge in [0.1, 0.15) is 0 Å². The quantitative estimate of drug-likeness (QED) is 0.480. The number of hydrogen-bond acceptors (Lipinski definition) is 4. The van der Waals surface area contributed by atoms with Gasteiger partial charge >= 0.3 is 0 Å². The molecule has 0 fully saturated rings. The van der Waals surface area contributed by atoms with E-state index < -0.39 is 15.9 Å². The molecular weight excluding hydrogens is 410 g/mol. The molecule has 0 atom stereocenters. The Morgan fingerprint density at radius 3 is 2.45 bits per heavy atom. The van der Waals surface area contributed by atoms with Crippen molar-refractivity contribution in [2.75, 3.05) is 16.2 Å². The Kier molecular flexibility index (Phi) is 5.68. The molecular formula is C24H21N3O3S. The van der Waals surface area contributed by atoms with E-state index >= 15 is 0 Å². The van der Waals surface area contributed by atoms with Gasteiger partial charge < -0.3 is 5.32 Å². The Hall–Kier alpha value is -3.71. The average Bonchev–Trinajstić information content (AvgIpc) is 2.80. The summed E-state index contributed by atoms with van der Waals surface area (Å²) in [6.45, 7) is 2.04. The molecule has 4 aromatic rings. The van der Waals surface area contributed by atoms with Gasteiger partial charge in [0.15, 0.2) is 0 Å². The second kappa shape index (κ2) is 8.57. The van der Waals surface area contributed by atoms with Crippen LogP contribution in [0.25, 0.3) is 10.9 Å². The summed E-state index contributed by atoms with van der Waals surface area (Å²) in [5, 5.41) is 3.75. The standard InChI is InChI=1S/C24H21N3O3S/c1-2-27(20-12-4-3-5-13-20)31(29,30)21-14-6-10-19(17-21)24(28)26-22-15-7-9-18-11-8-16-25-23(18)22/h3-17H,2H2,1H3,(H,26,28). The molecule has 0 bridgehead atoms. The number of aromatic nitrogens is 1. The molecule has 3 aromatic carbocycles. The van der Waals surface area contributed by atoms with Crippen LogP contribution >= 0.6 is 0 Å². The zero-order valence-electron chi connectivity index (χ0n) is 16.9. The van der Waals surface area contributed by atoms with Gasteiger partial charge in [0.05, 0.1) is 21.8 Å². The summed E-state index contributed by atoms with van der Waals surface area (Å²) in [6.07, 6.45) is 1.66. The number of hydrogen-bond donors (Lipinski definition) is 1. The van der Waals surface area contributed by atoms with E-state index in [0.29, 0.717) is 16.9 Å². The van der Waals surface area contributed by atoms with E-state index in [9.17, 15) is 13.2 Å². The Labute approximate surface area is 181 Å². The third kappa shape index (κ3) is 4.13. The Morgan fingerprint density at radius 1 is 0.935 bits per heavy atom. The van der Waals surface area contributed by atoms with E-state index in [-0.39, 0.29) is 17.0 Å². The molecule has 0 aliphatic carbocycles. The highest BCUT2D eigenvalue weighted by atomic mass is 32.2. The zero-order chi connectivity index (χ0) is 21.8. The van der Waals surface area contributed by atoms with Crippen molar-refractivity contribution in [1.82, 2.24) is 4.98 Å². The number of para-hydroxylation sites is 2. The number of carbonyl (C=O) groups excluding carboxylic acids is 1. The Bertz CT molecular complexity index is 1330. The van der Waals surface area contributed by atoms with E-state index in [1.807, 2.05) is 30.3 Å². The van der Waals surface area contributed by atoms with Crippen molar-refractivity contribution in [3.05, 3.63) is 96.7 Å². The highest BCUT2D eigenvalue weighted by Crippen LogP contribution is 2.25. The van der Waals surface area contributed by atoms with Crippen LogP contribution in [0.4, 0.5) is 11.4 Å². The summed E-state index contributed by atoms with van der Waals surface area (Å²) in [6, 6.07) is 24.2. The third-order valence-corrected chi connectivity index (χ3v) is 6.80. The van der Waals surface area contributed by atoms with E-state index in [0.717, 1.165) is 5.39 Å². The van der Waals surface area contributed by atoms with Crippen molar-refractivity contribution >= 4 is 38.2 Å². The lowest BCUT2D eigenvalue weighted by atomic mass is 10.1. The lowest BCUT2D eigenvalue weighted by Gasteiger charge is -2.23. The molecule has 7 heteroatoms. The van der Waals surface area contributed by atoms with Crippen molar-refractivity contribution in [3.8, 4) is 0 Å². The second-order valence-electron chi connectivity index (χ2n) is 6.87. The molecule has 1 amide bonds. The molecule has 4 rings (SSSR count). The summed E-state index contributed by atoms with van der Waals surface area (Å²) in [7, 11) is -3.83. The molecule has 1 N–H and O–H groups in total. The predicted molar refractivity (Wildman–Crippen MR) is 123 cm³/mol. The van der Waals surface area contributed by atoms with Crippen molar-refractivity contribution in [3.63, 3.8) is 0 Å². The number of benzene rings is 3. The van der Waals surface area contributed by atoms with Gasteiger partial charge in [0, 0.05) is 23.7 Å². The maximum Gasteiger partial charge on any atom is 0.264 e. The molecule has 156 valence electrons. The second-order valence-corrected chi connectivity index (χ2v) is 8.73. The largest absolute Gasteiger partial charge is 0.320 e. The molecule has 1 aromatic heterocycles. The summed E-state index contributed by atoms with van der Waals surface area (Å²) < 4.78 is 27.8. The first-order valence-corrected chi connectivity index (χ1v) is 11.3. The van der Waals surface area contributed by atoms with Gasteiger partial charge in [-0.15, -0.1) is 0 Å². The van der Waals surface area contributed by atoms with Crippen molar-refractivity contribution in [1.29, 1.82) is 0 Å². The molecule has 0 saturated heterocycles. The third-order valence-electron chi connectivity index (χ3n) is 4.90. The lowest BCUT2D eigenvalue weighted by Crippen LogP contribution is -2.31. The molecule has 0 spiro atoms. The molecule has 31 heavy (non-hydrogen) atoms. The molecule has 0 saturated carbocycles.